The van der Waals surface area contributed by atoms with Gasteiger partial charge >= 0.3 is 0 Å². The lowest BCUT2D eigenvalue weighted by molar-refractivity contribution is -0.131. The van der Waals surface area contributed by atoms with E-state index in [1.165, 1.54) is 37.4 Å². The highest BCUT2D eigenvalue weighted by Gasteiger charge is 2.27. The van der Waals surface area contributed by atoms with Gasteiger partial charge in [0.05, 0.1) is 16.8 Å². The molecule has 0 spiro atoms. The number of thioether (sulfide) groups is 1. The summed E-state index contributed by atoms with van der Waals surface area (Å²) in [5.41, 5.74) is 0.794. The number of carbonyl (C=O) groups is 1. The highest BCUT2D eigenvalue weighted by molar-refractivity contribution is 8.00. The largest absolute Gasteiger partial charge is 0.342 e. The van der Waals surface area contributed by atoms with E-state index in [1.54, 1.807) is 10.9 Å². The molecule has 3 rings (SSSR count). The predicted molar refractivity (Wildman–Crippen MR) is 91.3 cm³/mol. The van der Waals surface area contributed by atoms with E-state index in [-0.39, 0.29) is 11.2 Å². The first kappa shape index (κ1) is 16.2. The third-order valence-corrected chi connectivity index (χ3v) is 5.70. The number of amides is 1. The number of fused-ring (bicyclic) bond motifs is 1. The van der Waals surface area contributed by atoms with Crippen molar-refractivity contribution in [1.82, 2.24) is 24.6 Å². The monoisotopic (exact) mass is 333 g/mol. The maximum absolute atomic E-state index is 12.7. The molecular formula is C16H23N5OS. The van der Waals surface area contributed by atoms with Crippen LogP contribution in [0.3, 0.4) is 0 Å². The molecule has 0 aromatic carbocycles. The molecule has 0 saturated heterocycles. The van der Waals surface area contributed by atoms with Gasteiger partial charge in [-0.3, -0.25) is 9.48 Å². The van der Waals surface area contributed by atoms with E-state index in [1.807, 2.05) is 25.9 Å². The standard InChI is InChI=1S/C16H23N5OS/c1-11(16(22)20(2)12-7-5-4-6-8-12)23-15-13-9-19-21(3)14(13)17-10-18-15/h9-12H,4-8H2,1-3H3. The van der Waals surface area contributed by atoms with E-state index in [2.05, 4.69) is 15.1 Å². The average Bonchev–Trinajstić information content (AvgIpc) is 2.97. The van der Waals surface area contributed by atoms with Gasteiger partial charge in [-0.1, -0.05) is 31.0 Å². The highest BCUT2D eigenvalue weighted by atomic mass is 32.2. The van der Waals surface area contributed by atoms with Gasteiger partial charge in [0.15, 0.2) is 5.65 Å². The predicted octanol–water partition coefficient (Wildman–Crippen LogP) is 2.64. The molecule has 0 N–H and O–H groups in total. The summed E-state index contributed by atoms with van der Waals surface area (Å²) in [5.74, 6) is 0.178. The number of aromatic nitrogens is 4. The number of carbonyl (C=O) groups excluding carboxylic acids is 1. The molecule has 0 bridgehead atoms. The third kappa shape index (κ3) is 3.34. The van der Waals surface area contributed by atoms with Crippen LogP contribution in [0.15, 0.2) is 17.6 Å². The molecule has 1 unspecified atom stereocenters. The molecule has 0 aliphatic heterocycles. The zero-order valence-electron chi connectivity index (χ0n) is 13.9. The molecule has 1 saturated carbocycles. The molecule has 124 valence electrons. The lowest BCUT2D eigenvalue weighted by Crippen LogP contribution is -2.42. The van der Waals surface area contributed by atoms with Crippen molar-refractivity contribution in [2.75, 3.05) is 7.05 Å². The molecular weight excluding hydrogens is 310 g/mol. The Hall–Kier alpha value is -1.63. The molecule has 0 radical (unpaired) electrons. The topological polar surface area (TPSA) is 63.9 Å². The van der Waals surface area contributed by atoms with Gasteiger partial charge in [0, 0.05) is 20.1 Å². The Morgan fingerprint density at radius 2 is 2.09 bits per heavy atom. The Kier molecular flexibility index (Phi) is 4.84. The average molecular weight is 333 g/mol. The third-order valence-electron chi connectivity index (χ3n) is 4.60. The fourth-order valence-corrected chi connectivity index (χ4v) is 4.17. The Morgan fingerprint density at radius 1 is 1.35 bits per heavy atom. The van der Waals surface area contributed by atoms with Crippen molar-refractivity contribution in [2.45, 2.75) is 55.3 Å². The summed E-state index contributed by atoms with van der Waals surface area (Å²) in [7, 11) is 3.80. The molecule has 7 heteroatoms. The van der Waals surface area contributed by atoms with Gasteiger partial charge in [0.2, 0.25) is 5.91 Å². The van der Waals surface area contributed by atoms with Crippen molar-refractivity contribution in [3.05, 3.63) is 12.5 Å². The van der Waals surface area contributed by atoms with E-state index in [9.17, 15) is 4.79 Å². The Balaban J connectivity index is 1.72. The summed E-state index contributed by atoms with van der Waals surface area (Å²) in [6.07, 6.45) is 9.30. The van der Waals surface area contributed by atoms with Crippen LogP contribution in [0.5, 0.6) is 0 Å². The first-order valence-corrected chi connectivity index (χ1v) is 9.02. The van der Waals surface area contributed by atoms with Gasteiger partial charge in [-0.05, 0) is 19.8 Å². The summed E-state index contributed by atoms with van der Waals surface area (Å²) < 4.78 is 1.72. The lowest BCUT2D eigenvalue weighted by Gasteiger charge is -2.32. The molecule has 2 aromatic rings. The Bertz CT molecular complexity index is 695. The van der Waals surface area contributed by atoms with Gasteiger partial charge < -0.3 is 4.90 Å². The van der Waals surface area contributed by atoms with Gasteiger partial charge in [0.25, 0.3) is 0 Å². The van der Waals surface area contributed by atoms with Gasteiger partial charge in [-0.15, -0.1) is 0 Å². The summed E-state index contributed by atoms with van der Waals surface area (Å²) in [5, 5.41) is 5.78. The van der Waals surface area contributed by atoms with Crippen molar-refractivity contribution in [2.24, 2.45) is 7.05 Å². The van der Waals surface area contributed by atoms with Crippen LogP contribution >= 0.6 is 11.8 Å². The molecule has 2 aromatic heterocycles. The SMILES string of the molecule is CC(Sc1ncnc2c1cnn2C)C(=O)N(C)C1CCCCC1. The molecule has 1 aliphatic carbocycles. The maximum Gasteiger partial charge on any atom is 0.235 e. The molecule has 1 fully saturated rings. The van der Waals surface area contributed by atoms with E-state index < -0.39 is 0 Å². The van der Waals surface area contributed by atoms with Gasteiger partial charge in [-0.2, -0.15) is 5.10 Å². The fraction of sp³-hybridized carbons (Fsp3) is 0.625. The Labute approximate surface area is 140 Å². The molecule has 23 heavy (non-hydrogen) atoms. The van der Waals surface area contributed by atoms with E-state index in [0.717, 1.165) is 28.9 Å². The first-order chi connectivity index (χ1) is 11.1. The van der Waals surface area contributed by atoms with Gasteiger partial charge in [-0.25, -0.2) is 9.97 Å². The van der Waals surface area contributed by atoms with Crippen LogP contribution in [0.4, 0.5) is 0 Å². The van der Waals surface area contributed by atoms with E-state index >= 15 is 0 Å². The zero-order valence-corrected chi connectivity index (χ0v) is 14.7. The van der Waals surface area contributed by atoms with E-state index in [0.29, 0.717) is 6.04 Å². The zero-order chi connectivity index (χ0) is 16.4. The van der Waals surface area contributed by atoms with Crippen molar-refractivity contribution < 1.29 is 4.79 Å². The number of aryl methyl sites for hydroxylation is 1. The molecule has 1 atom stereocenters. The number of hydrogen-bond acceptors (Lipinski definition) is 5. The van der Waals surface area contributed by atoms with Crippen molar-refractivity contribution >= 4 is 28.7 Å². The quantitative estimate of drug-likeness (QED) is 0.636. The molecule has 1 amide bonds. The Morgan fingerprint density at radius 3 is 2.83 bits per heavy atom. The molecule has 1 aliphatic rings. The van der Waals surface area contributed by atoms with Crippen LogP contribution in [0.25, 0.3) is 11.0 Å². The van der Waals surface area contributed by atoms with Crippen LogP contribution in [-0.4, -0.2) is 48.9 Å². The molecule has 6 nitrogen and oxygen atoms in total. The van der Waals surface area contributed by atoms with Crippen LogP contribution < -0.4 is 0 Å². The second-order valence-corrected chi connectivity index (χ2v) is 7.51. The minimum Gasteiger partial charge on any atom is -0.342 e. The van der Waals surface area contributed by atoms with Crippen LogP contribution in [-0.2, 0) is 11.8 Å². The van der Waals surface area contributed by atoms with Crippen molar-refractivity contribution in [3.63, 3.8) is 0 Å². The second kappa shape index (κ2) is 6.86. The number of rotatable bonds is 4. The van der Waals surface area contributed by atoms with E-state index in [4.69, 9.17) is 0 Å². The summed E-state index contributed by atoms with van der Waals surface area (Å²) in [4.78, 5) is 23.3. The lowest BCUT2D eigenvalue weighted by atomic mass is 9.94. The van der Waals surface area contributed by atoms with Crippen LogP contribution in [0, 0.1) is 0 Å². The molecule has 2 heterocycles. The number of nitrogens with zero attached hydrogens (tertiary/aromatic N) is 5. The summed E-state index contributed by atoms with van der Waals surface area (Å²) in [6.45, 7) is 1.95. The summed E-state index contributed by atoms with van der Waals surface area (Å²) in [6, 6.07) is 0.392. The minimum atomic E-state index is -0.166. The first-order valence-electron chi connectivity index (χ1n) is 8.14. The van der Waals surface area contributed by atoms with Crippen molar-refractivity contribution in [3.8, 4) is 0 Å². The number of hydrogen-bond donors (Lipinski definition) is 0. The van der Waals surface area contributed by atoms with Crippen LogP contribution in [0.1, 0.15) is 39.0 Å². The fourth-order valence-electron chi connectivity index (χ4n) is 3.19. The maximum atomic E-state index is 12.7. The highest BCUT2D eigenvalue weighted by Crippen LogP contribution is 2.30. The van der Waals surface area contributed by atoms with Crippen LogP contribution in [0.2, 0.25) is 0 Å². The normalized spacial score (nSPS) is 17.3. The smallest absolute Gasteiger partial charge is 0.235 e. The van der Waals surface area contributed by atoms with Crippen molar-refractivity contribution in [1.29, 1.82) is 0 Å². The second-order valence-electron chi connectivity index (χ2n) is 6.19. The summed E-state index contributed by atoms with van der Waals surface area (Å²) >= 11 is 1.49. The minimum absolute atomic E-state index is 0.166. The van der Waals surface area contributed by atoms with Gasteiger partial charge in [0.1, 0.15) is 11.4 Å².